The largest absolute Gasteiger partial charge is 0.504 e. The molecular weight excluding hydrogens is 272 g/mol. The van der Waals surface area contributed by atoms with Crippen molar-refractivity contribution in [1.29, 1.82) is 0 Å². The van der Waals surface area contributed by atoms with Gasteiger partial charge in [0.05, 0.1) is 0 Å². The van der Waals surface area contributed by atoms with Crippen LogP contribution in [0.25, 0.3) is 6.08 Å². The molecule has 0 atom stereocenters. The highest BCUT2D eigenvalue weighted by molar-refractivity contribution is 7.80. The molecule has 1 saturated heterocycles. The number of hydrogen-bond donors (Lipinski definition) is 4. The summed E-state index contributed by atoms with van der Waals surface area (Å²) in [7, 11) is 0. The summed E-state index contributed by atoms with van der Waals surface area (Å²) in [6, 6.07) is 3.94. The Bertz CT molecular complexity index is 575. The fourth-order valence-corrected chi connectivity index (χ4v) is 1.59. The van der Waals surface area contributed by atoms with Crippen molar-refractivity contribution in [2.75, 3.05) is 0 Å². The number of amides is 2. The Morgan fingerprint density at radius 1 is 1.05 bits per heavy atom. The first-order valence-electron chi connectivity index (χ1n) is 4.87. The van der Waals surface area contributed by atoms with Crippen LogP contribution in [0.5, 0.6) is 11.5 Å². The van der Waals surface area contributed by atoms with Crippen molar-refractivity contribution in [2.45, 2.75) is 0 Å². The maximum absolute atomic E-state index is 11.5. The van der Waals surface area contributed by atoms with E-state index in [4.69, 9.17) is 5.11 Å². The molecule has 1 aromatic carbocycles. The van der Waals surface area contributed by atoms with Gasteiger partial charge in [-0.15, -0.1) is 0 Å². The van der Waals surface area contributed by atoms with E-state index in [9.17, 15) is 14.7 Å². The number of carbonyl (C=O) groups is 2. The summed E-state index contributed by atoms with van der Waals surface area (Å²) in [4.78, 5) is 23.1. The number of phenolic OH excluding ortho intramolecular Hbond substituents is 2. The zero-order chi connectivity index (χ0) is 13.3. The van der Waals surface area contributed by atoms with Crippen LogP contribution in [0, 0.1) is 0 Å². The molecule has 0 aromatic heterocycles. The Morgan fingerprint density at radius 2 is 1.63 bits per heavy atom. The van der Waals surface area contributed by atoms with Crippen LogP contribution < -0.4 is 10.6 Å². The topological polar surface area (TPSA) is 130 Å². The molecule has 1 heterocycles. The first-order chi connectivity index (χ1) is 8.47. The fraction of sp³-hybridized carbons (Fsp3) is 0. The van der Waals surface area contributed by atoms with E-state index >= 15 is 0 Å². The highest BCUT2D eigenvalue weighted by atomic mass is 32.1. The monoisotopic (exact) mass is 282 g/mol. The lowest BCUT2D eigenvalue weighted by atomic mass is 10.1. The third kappa shape index (κ3) is 3.06. The molecule has 6 N–H and O–H groups in total. The van der Waals surface area contributed by atoms with E-state index in [-0.39, 0.29) is 27.7 Å². The van der Waals surface area contributed by atoms with Crippen molar-refractivity contribution in [3.05, 3.63) is 29.3 Å². The zero-order valence-corrected chi connectivity index (χ0v) is 10.2. The van der Waals surface area contributed by atoms with E-state index in [2.05, 4.69) is 22.9 Å². The van der Waals surface area contributed by atoms with Gasteiger partial charge in [-0.25, -0.2) is 0 Å². The minimum absolute atomic E-state index is 0. The van der Waals surface area contributed by atoms with Crippen LogP contribution in [0.15, 0.2) is 23.8 Å². The maximum atomic E-state index is 11.5. The van der Waals surface area contributed by atoms with Crippen LogP contribution in [0.3, 0.4) is 0 Å². The van der Waals surface area contributed by atoms with E-state index in [0.717, 1.165) is 0 Å². The van der Waals surface area contributed by atoms with Crippen LogP contribution in [0.2, 0.25) is 0 Å². The van der Waals surface area contributed by atoms with Crippen LogP contribution in [0.1, 0.15) is 5.56 Å². The molecule has 1 fully saturated rings. The van der Waals surface area contributed by atoms with Gasteiger partial charge in [0, 0.05) is 0 Å². The molecule has 1 aliphatic rings. The summed E-state index contributed by atoms with van der Waals surface area (Å²) in [6.45, 7) is 0. The molecule has 19 heavy (non-hydrogen) atoms. The molecular formula is C11H10N2O5S. The number of rotatable bonds is 1. The Hall–Kier alpha value is -2.45. The van der Waals surface area contributed by atoms with Gasteiger partial charge < -0.3 is 15.7 Å². The van der Waals surface area contributed by atoms with Crippen LogP contribution in [-0.2, 0) is 9.59 Å². The van der Waals surface area contributed by atoms with Crippen molar-refractivity contribution < 1.29 is 25.3 Å². The van der Waals surface area contributed by atoms with Gasteiger partial charge >= 0.3 is 0 Å². The van der Waals surface area contributed by atoms with Crippen molar-refractivity contribution in [2.24, 2.45) is 0 Å². The zero-order valence-electron chi connectivity index (χ0n) is 9.43. The smallest absolute Gasteiger partial charge is 0.263 e. The summed E-state index contributed by atoms with van der Waals surface area (Å²) < 4.78 is 0. The van der Waals surface area contributed by atoms with Crippen molar-refractivity contribution in [3.63, 3.8) is 0 Å². The third-order valence-electron chi connectivity index (χ3n) is 2.25. The maximum Gasteiger partial charge on any atom is 0.263 e. The van der Waals surface area contributed by atoms with Gasteiger partial charge in [0.1, 0.15) is 5.57 Å². The Kier molecular flexibility index (Phi) is 4.20. The number of phenols is 2. The minimum atomic E-state index is -0.615. The predicted molar refractivity (Wildman–Crippen MR) is 70.2 cm³/mol. The quantitative estimate of drug-likeness (QED) is 0.231. The summed E-state index contributed by atoms with van der Waals surface area (Å²) in [6.07, 6.45) is 1.28. The third-order valence-corrected chi connectivity index (χ3v) is 2.46. The minimum Gasteiger partial charge on any atom is -0.504 e. The van der Waals surface area contributed by atoms with Crippen LogP contribution in [-0.4, -0.2) is 32.6 Å². The molecule has 0 bridgehead atoms. The molecule has 100 valence electrons. The van der Waals surface area contributed by atoms with E-state index in [1.807, 2.05) is 0 Å². The van der Waals surface area contributed by atoms with Gasteiger partial charge in [0.25, 0.3) is 11.8 Å². The van der Waals surface area contributed by atoms with Gasteiger partial charge in [-0.2, -0.15) is 0 Å². The standard InChI is InChI=1S/C11H8N2O4S.H2O/c14-7-2-1-5(4-8(7)15)3-6-9(16)12-11(18)13-10(6)17;/h1-4,14-15H,(H2,12,13,16,17,18);1H2. The van der Waals surface area contributed by atoms with Crippen LogP contribution >= 0.6 is 12.2 Å². The van der Waals surface area contributed by atoms with E-state index in [1.165, 1.54) is 24.3 Å². The second kappa shape index (κ2) is 5.46. The number of thiocarbonyl (C=S) groups is 1. The first kappa shape index (κ1) is 14.6. The Labute approximate surface area is 112 Å². The Morgan fingerprint density at radius 3 is 2.16 bits per heavy atom. The summed E-state index contributed by atoms with van der Waals surface area (Å²) in [5.41, 5.74) is 0.270. The van der Waals surface area contributed by atoms with E-state index < -0.39 is 11.8 Å². The molecule has 2 amide bonds. The molecule has 1 aromatic rings. The molecule has 0 saturated carbocycles. The van der Waals surface area contributed by atoms with Gasteiger partial charge in [-0.1, -0.05) is 6.07 Å². The van der Waals surface area contributed by atoms with Crippen molar-refractivity contribution in [1.82, 2.24) is 10.6 Å². The molecule has 8 heteroatoms. The van der Waals surface area contributed by atoms with E-state index in [0.29, 0.717) is 5.56 Å². The highest BCUT2D eigenvalue weighted by Crippen LogP contribution is 2.26. The van der Waals surface area contributed by atoms with Gasteiger partial charge in [-0.3, -0.25) is 20.2 Å². The average Bonchev–Trinajstić information content (AvgIpc) is 2.28. The second-order valence-electron chi connectivity index (χ2n) is 3.54. The summed E-state index contributed by atoms with van der Waals surface area (Å²) in [5.74, 6) is -1.85. The SMILES string of the molecule is O.O=C1NC(=S)NC(=O)C1=Cc1ccc(O)c(O)c1. The highest BCUT2D eigenvalue weighted by Gasteiger charge is 2.25. The fourth-order valence-electron chi connectivity index (χ4n) is 1.40. The van der Waals surface area contributed by atoms with Gasteiger partial charge in [0.15, 0.2) is 16.6 Å². The lowest BCUT2D eigenvalue weighted by Gasteiger charge is -2.16. The molecule has 0 unspecified atom stereocenters. The van der Waals surface area contributed by atoms with E-state index in [1.54, 1.807) is 0 Å². The van der Waals surface area contributed by atoms with Gasteiger partial charge in [-0.05, 0) is 36.0 Å². The molecule has 7 nitrogen and oxygen atoms in total. The van der Waals surface area contributed by atoms with Crippen molar-refractivity contribution >= 4 is 35.2 Å². The predicted octanol–water partition coefficient (Wildman–Crippen LogP) is -0.813. The van der Waals surface area contributed by atoms with Crippen molar-refractivity contribution in [3.8, 4) is 11.5 Å². The molecule has 0 spiro atoms. The average molecular weight is 282 g/mol. The number of hydrogen-bond acceptors (Lipinski definition) is 5. The molecule has 0 radical (unpaired) electrons. The normalized spacial score (nSPS) is 14.3. The first-order valence-corrected chi connectivity index (χ1v) is 5.28. The lowest BCUT2D eigenvalue weighted by Crippen LogP contribution is -2.51. The lowest BCUT2D eigenvalue weighted by molar-refractivity contribution is -0.123. The molecule has 2 rings (SSSR count). The number of carbonyl (C=O) groups excluding carboxylic acids is 2. The molecule has 1 aliphatic heterocycles. The molecule has 0 aliphatic carbocycles. The summed E-state index contributed by atoms with van der Waals surface area (Å²) >= 11 is 4.65. The summed E-state index contributed by atoms with van der Waals surface area (Å²) in [5, 5.41) is 23.0. The Balaban J connectivity index is 0.00000180. The number of benzene rings is 1. The number of nitrogens with one attached hydrogen (secondary N) is 2. The number of aromatic hydroxyl groups is 2. The second-order valence-corrected chi connectivity index (χ2v) is 3.95. The van der Waals surface area contributed by atoms with Gasteiger partial charge in [0.2, 0.25) is 0 Å². The van der Waals surface area contributed by atoms with Crippen LogP contribution in [0.4, 0.5) is 0 Å².